The Morgan fingerprint density at radius 2 is 2.36 bits per heavy atom. The fourth-order valence-corrected chi connectivity index (χ4v) is 1.25. The van der Waals surface area contributed by atoms with Crippen LogP contribution in [0.3, 0.4) is 0 Å². The molecule has 0 aliphatic heterocycles. The summed E-state index contributed by atoms with van der Waals surface area (Å²) in [4.78, 5) is 4.10. The second-order valence-corrected chi connectivity index (χ2v) is 3.09. The van der Waals surface area contributed by atoms with Crippen molar-refractivity contribution in [3.8, 4) is 0 Å². The number of furan rings is 1. The Kier molecular flexibility index (Phi) is 2.22. The van der Waals surface area contributed by atoms with Crippen LogP contribution in [0.5, 0.6) is 0 Å². The first kappa shape index (κ1) is 8.80. The summed E-state index contributed by atoms with van der Waals surface area (Å²) in [6.45, 7) is 0. The second kappa shape index (κ2) is 3.53. The number of aryl methyl sites for hydroxylation is 3. The molecule has 2 aromatic rings. The smallest absolute Gasteiger partial charge is 0.218 e. The van der Waals surface area contributed by atoms with Gasteiger partial charge in [0.25, 0.3) is 0 Å². The van der Waals surface area contributed by atoms with Crippen LogP contribution >= 0.6 is 0 Å². The van der Waals surface area contributed by atoms with Crippen LogP contribution in [0.2, 0.25) is 0 Å². The van der Waals surface area contributed by atoms with Gasteiger partial charge < -0.3 is 10.2 Å². The maximum absolute atomic E-state index is 5.56. The third kappa shape index (κ3) is 1.76. The number of nitrogens with zero attached hydrogens (tertiary/aromatic N) is 3. The Balaban J connectivity index is 1.98. The highest BCUT2D eigenvalue weighted by molar-refractivity contribution is 5.15. The van der Waals surface area contributed by atoms with E-state index in [-0.39, 0.29) is 0 Å². The lowest BCUT2D eigenvalue weighted by molar-refractivity contribution is 0.506. The number of rotatable bonds is 3. The Hall–Kier alpha value is -1.78. The van der Waals surface area contributed by atoms with Gasteiger partial charge in [-0.2, -0.15) is 10.1 Å². The van der Waals surface area contributed by atoms with Gasteiger partial charge in [-0.1, -0.05) is 0 Å². The fraction of sp³-hybridized carbons (Fsp3) is 0.333. The lowest BCUT2D eigenvalue weighted by atomic mass is 10.2. The molecule has 5 heteroatoms. The second-order valence-electron chi connectivity index (χ2n) is 3.09. The van der Waals surface area contributed by atoms with Crippen molar-refractivity contribution in [3.05, 3.63) is 30.0 Å². The Morgan fingerprint density at radius 3 is 2.93 bits per heavy atom. The van der Waals surface area contributed by atoms with Crippen LogP contribution in [0, 0.1) is 0 Å². The molecule has 2 aromatic heterocycles. The van der Waals surface area contributed by atoms with Crippen molar-refractivity contribution in [3.63, 3.8) is 0 Å². The van der Waals surface area contributed by atoms with E-state index in [0.29, 0.717) is 5.95 Å². The van der Waals surface area contributed by atoms with Crippen LogP contribution in [0.4, 0.5) is 5.95 Å². The van der Waals surface area contributed by atoms with Crippen molar-refractivity contribution in [2.75, 3.05) is 5.73 Å². The Bertz CT molecular complexity index is 385. The first-order chi connectivity index (χ1) is 6.75. The summed E-state index contributed by atoms with van der Waals surface area (Å²) >= 11 is 0. The summed E-state index contributed by atoms with van der Waals surface area (Å²) in [5.74, 6) is 2.14. The molecule has 0 atom stereocenters. The third-order valence-electron chi connectivity index (χ3n) is 2.02. The summed E-state index contributed by atoms with van der Waals surface area (Å²) < 4.78 is 6.77. The molecule has 0 radical (unpaired) electrons. The summed E-state index contributed by atoms with van der Waals surface area (Å²) in [6.07, 6.45) is 3.21. The van der Waals surface area contributed by atoms with E-state index in [9.17, 15) is 0 Å². The average Bonchev–Trinajstić information content (AvgIpc) is 2.74. The van der Waals surface area contributed by atoms with Gasteiger partial charge in [0, 0.05) is 19.9 Å². The van der Waals surface area contributed by atoms with E-state index in [1.54, 1.807) is 18.0 Å². The lowest BCUT2D eigenvalue weighted by Gasteiger charge is -1.91. The monoisotopic (exact) mass is 192 g/mol. The van der Waals surface area contributed by atoms with E-state index >= 15 is 0 Å². The van der Waals surface area contributed by atoms with E-state index in [1.165, 1.54) is 0 Å². The summed E-state index contributed by atoms with van der Waals surface area (Å²) in [7, 11) is 1.78. The molecule has 2 N–H and O–H groups in total. The minimum Gasteiger partial charge on any atom is -0.469 e. The van der Waals surface area contributed by atoms with Gasteiger partial charge in [-0.15, -0.1) is 0 Å². The van der Waals surface area contributed by atoms with Crippen molar-refractivity contribution in [2.45, 2.75) is 12.8 Å². The molecule has 0 aliphatic rings. The number of nitrogen functional groups attached to an aromatic ring is 1. The maximum Gasteiger partial charge on any atom is 0.218 e. The van der Waals surface area contributed by atoms with Gasteiger partial charge in [-0.3, -0.25) is 0 Å². The van der Waals surface area contributed by atoms with Gasteiger partial charge in [-0.25, -0.2) is 4.68 Å². The molecule has 0 bridgehead atoms. The van der Waals surface area contributed by atoms with Crippen LogP contribution in [0.1, 0.15) is 11.6 Å². The molecule has 14 heavy (non-hydrogen) atoms. The standard InChI is InChI=1S/C9H12N4O/c1-13-9(10)11-8(12-13)5-4-7-3-2-6-14-7/h2-3,6H,4-5H2,1H3,(H2,10,11,12). The van der Waals surface area contributed by atoms with E-state index in [2.05, 4.69) is 10.1 Å². The predicted molar refractivity (Wildman–Crippen MR) is 51.5 cm³/mol. The molecule has 0 unspecified atom stereocenters. The Labute approximate surface area is 81.5 Å². The predicted octanol–water partition coefficient (Wildman–Crippen LogP) is 0.776. The SMILES string of the molecule is Cn1nc(CCc2ccco2)nc1N. The molecule has 0 aliphatic carbocycles. The molecule has 0 saturated carbocycles. The number of anilines is 1. The Morgan fingerprint density at radius 1 is 1.50 bits per heavy atom. The van der Waals surface area contributed by atoms with Gasteiger partial charge in [-0.05, 0) is 12.1 Å². The first-order valence-corrected chi connectivity index (χ1v) is 4.43. The highest BCUT2D eigenvalue weighted by atomic mass is 16.3. The van der Waals surface area contributed by atoms with Gasteiger partial charge in [0.2, 0.25) is 5.95 Å². The van der Waals surface area contributed by atoms with E-state index in [4.69, 9.17) is 10.2 Å². The molecule has 0 amide bonds. The molecular formula is C9H12N4O. The topological polar surface area (TPSA) is 69.9 Å². The molecular weight excluding hydrogens is 180 g/mol. The quantitative estimate of drug-likeness (QED) is 0.780. The van der Waals surface area contributed by atoms with Gasteiger partial charge in [0.15, 0.2) is 5.82 Å². The average molecular weight is 192 g/mol. The molecule has 0 fully saturated rings. The largest absolute Gasteiger partial charge is 0.469 e. The van der Waals surface area contributed by atoms with Crippen molar-refractivity contribution in [1.29, 1.82) is 0 Å². The lowest BCUT2D eigenvalue weighted by Crippen LogP contribution is -1.97. The van der Waals surface area contributed by atoms with Crippen molar-refractivity contribution in [1.82, 2.24) is 14.8 Å². The number of hydrogen-bond donors (Lipinski definition) is 1. The summed E-state index contributed by atoms with van der Waals surface area (Å²) in [5.41, 5.74) is 5.56. The zero-order valence-corrected chi connectivity index (χ0v) is 7.97. The van der Waals surface area contributed by atoms with Crippen LogP contribution < -0.4 is 5.73 Å². The minimum absolute atomic E-state index is 0.444. The molecule has 0 spiro atoms. The van der Waals surface area contributed by atoms with E-state index < -0.39 is 0 Å². The van der Waals surface area contributed by atoms with Crippen LogP contribution in [-0.4, -0.2) is 14.8 Å². The highest BCUT2D eigenvalue weighted by Gasteiger charge is 2.04. The van der Waals surface area contributed by atoms with E-state index in [1.807, 2.05) is 12.1 Å². The zero-order valence-electron chi connectivity index (χ0n) is 7.97. The number of hydrogen-bond acceptors (Lipinski definition) is 4. The highest BCUT2D eigenvalue weighted by Crippen LogP contribution is 2.05. The molecule has 5 nitrogen and oxygen atoms in total. The van der Waals surface area contributed by atoms with Gasteiger partial charge in [0.05, 0.1) is 6.26 Å². The maximum atomic E-state index is 5.56. The molecule has 2 rings (SSSR count). The molecule has 74 valence electrons. The normalized spacial score (nSPS) is 10.6. The van der Waals surface area contributed by atoms with Crippen LogP contribution in [0.15, 0.2) is 22.8 Å². The first-order valence-electron chi connectivity index (χ1n) is 4.43. The van der Waals surface area contributed by atoms with Crippen LogP contribution in [0.25, 0.3) is 0 Å². The number of nitrogens with two attached hydrogens (primary N) is 1. The van der Waals surface area contributed by atoms with Gasteiger partial charge >= 0.3 is 0 Å². The van der Waals surface area contributed by atoms with Crippen molar-refractivity contribution < 1.29 is 4.42 Å². The van der Waals surface area contributed by atoms with E-state index in [0.717, 1.165) is 24.4 Å². The summed E-state index contributed by atoms with van der Waals surface area (Å²) in [6, 6.07) is 3.81. The fourth-order valence-electron chi connectivity index (χ4n) is 1.25. The third-order valence-corrected chi connectivity index (χ3v) is 2.02. The van der Waals surface area contributed by atoms with Crippen LogP contribution in [-0.2, 0) is 19.9 Å². The minimum atomic E-state index is 0.444. The van der Waals surface area contributed by atoms with Crippen molar-refractivity contribution in [2.24, 2.45) is 7.05 Å². The molecule has 0 saturated heterocycles. The van der Waals surface area contributed by atoms with Gasteiger partial charge in [0.1, 0.15) is 5.76 Å². The molecule has 0 aromatic carbocycles. The number of aromatic nitrogens is 3. The molecule has 2 heterocycles. The summed E-state index contributed by atoms with van der Waals surface area (Å²) in [5, 5.41) is 4.15. The zero-order chi connectivity index (χ0) is 9.97. The van der Waals surface area contributed by atoms with Crippen molar-refractivity contribution >= 4 is 5.95 Å².